The van der Waals surface area contributed by atoms with E-state index in [0.29, 0.717) is 49.1 Å². The molecule has 1 aromatic heterocycles. The van der Waals surface area contributed by atoms with E-state index in [-0.39, 0.29) is 30.3 Å². The van der Waals surface area contributed by atoms with Crippen molar-refractivity contribution in [3.63, 3.8) is 0 Å². The first-order valence-corrected chi connectivity index (χ1v) is 20.6. The van der Waals surface area contributed by atoms with Crippen molar-refractivity contribution in [1.29, 1.82) is 0 Å². The van der Waals surface area contributed by atoms with Gasteiger partial charge in [-0.15, -0.1) is 11.3 Å². The van der Waals surface area contributed by atoms with Crippen molar-refractivity contribution in [3.8, 4) is 0 Å². The molecule has 4 aromatic carbocycles. The number of hydrogen-bond donors (Lipinski definition) is 3. The van der Waals surface area contributed by atoms with Crippen LogP contribution in [0.3, 0.4) is 0 Å². The number of fused-ring (bicyclic) bond motifs is 9. The van der Waals surface area contributed by atoms with E-state index < -0.39 is 17.1 Å². The van der Waals surface area contributed by atoms with Gasteiger partial charge >= 0.3 is 6.03 Å². The van der Waals surface area contributed by atoms with Crippen LogP contribution in [0.25, 0.3) is 10.8 Å². The summed E-state index contributed by atoms with van der Waals surface area (Å²) in [4.78, 5) is 32.5. The summed E-state index contributed by atoms with van der Waals surface area (Å²) in [6.45, 7) is 8.77. The van der Waals surface area contributed by atoms with Gasteiger partial charge in [0.1, 0.15) is 0 Å². The molecule has 0 unspecified atom stereocenters. The minimum Gasteiger partial charge on any atom is -0.393 e. The molecule has 1 fully saturated rings. The molecule has 286 valence electrons. The monoisotopic (exact) mass is 754 g/mol. The minimum absolute atomic E-state index is 0.0167. The first kappa shape index (κ1) is 38.7. The maximum Gasteiger partial charge on any atom is 0.318 e. The van der Waals surface area contributed by atoms with E-state index >= 15 is 0 Å². The van der Waals surface area contributed by atoms with Crippen molar-refractivity contribution < 1.29 is 19.8 Å². The third kappa shape index (κ3) is 8.21. The van der Waals surface area contributed by atoms with Crippen LogP contribution in [0.1, 0.15) is 114 Å². The fourth-order valence-corrected chi connectivity index (χ4v) is 9.96. The Bertz CT molecular complexity index is 2190. The smallest absolute Gasteiger partial charge is 0.318 e. The molecule has 0 spiro atoms. The molecule has 2 amide bonds. The minimum atomic E-state index is -1.26. The number of nitrogens with one attached hydrogen (secondary N) is 1. The summed E-state index contributed by atoms with van der Waals surface area (Å²) in [6.07, 6.45) is 6.21. The summed E-state index contributed by atoms with van der Waals surface area (Å²) in [5, 5.41) is 29.7. The number of aliphatic hydroxyl groups excluding tert-OH is 1. The number of nitrogens with zero attached hydrogens (tertiary/aromatic N) is 1. The number of carbonyl (C=O) groups is 2. The molecule has 1 saturated carbocycles. The number of rotatable bonds is 8. The summed E-state index contributed by atoms with van der Waals surface area (Å²) < 4.78 is 0. The lowest BCUT2D eigenvalue weighted by atomic mass is 9.64. The second-order valence-corrected chi connectivity index (χ2v) is 17.6. The van der Waals surface area contributed by atoms with Gasteiger partial charge in [-0.3, -0.25) is 4.79 Å². The van der Waals surface area contributed by atoms with E-state index in [4.69, 9.17) is 0 Å². The van der Waals surface area contributed by atoms with Gasteiger partial charge in [0, 0.05) is 22.4 Å². The van der Waals surface area contributed by atoms with Gasteiger partial charge in [0.2, 0.25) is 5.78 Å². The molecule has 0 radical (unpaired) electrons. The molecule has 8 rings (SSSR count). The lowest BCUT2D eigenvalue weighted by Gasteiger charge is -2.46. The van der Waals surface area contributed by atoms with Gasteiger partial charge in [-0.25, -0.2) is 4.79 Å². The zero-order chi connectivity index (χ0) is 38.7. The molecule has 2 bridgehead atoms. The summed E-state index contributed by atoms with van der Waals surface area (Å²) in [5.74, 6) is -0.157. The Kier molecular flexibility index (Phi) is 11.4. The standard InChI is InChI=1S/C48H54N2O4S/c1-32-12-11-26-47(4)43(41-23-21-35(28-39(51)22-19-32)29-42(41)45(52)44-24-20-33(2)55-44)25-27-48(47,54)31-50(46(53)49-34(3)36-13-6-5-7-14-36)30-38-17-10-16-37-15-8-9-18-40(37)38/h5-10,12-18,20-21,23-24,29,34,39,43,51,54H,11,19,22,25-28,30-31H2,1-4H3,(H,49,53)/t34-,39+,43+,47+,48-/m1/s1. The number of allylic oxidation sites excluding steroid dienone is 2. The second kappa shape index (κ2) is 16.3. The van der Waals surface area contributed by atoms with Crippen LogP contribution in [0, 0.1) is 12.3 Å². The van der Waals surface area contributed by atoms with Crippen LogP contribution in [0.5, 0.6) is 0 Å². The number of amides is 2. The van der Waals surface area contributed by atoms with E-state index in [0.717, 1.165) is 50.7 Å². The SMILES string of the molecule is CC1=CCC[C@@]2(C)[C@@H](CC[C@@]2(O)CN(Cc2cccc3ccccc23)C(=O)N[C@H](C)c2ccccc2)c2ccc(cc2C(=O)c2ccc(C)s2)C[C@@H](O)CC1. The van der Waals surface area contributed by atoms with Gasteiger partial charge < -0.3 is 20.4 Å². The second-order valence-electron chi connectivity index (χ2n) is 16.3. The van der Waals surface area contributed by atoms with Crippen molar-refractivity contribution in [3.05, 3.63) is 152 Å². The maximum atomic E-state index is 14.5. The van der Waals surface area contributed by atoms with Crippen LogP contribution >= 0.6 is 11.3 Å². The topological polar surface area (TPSA) is 89.9 Å². The zero-order valence-electron chi connectivity index (χ0n) is 32.6. The third-order valence-corrected chi connectivity index (χ3v) is 13.5. The van der Waals surface area contributed by atoms with Crippen LogP contribution in [-0.4, -0.2) is 45.2 Å². The number of aliphatic hydroxyl groups is 2. The van der Waals surface area contributed by atoms with Crippen molar-refractivity contribution in [2.24, 2.45) is 5.41 Å². The molecule has 5 aromatic rings. The van der Waals surface area contributed by atoms with Crippen molar-refractivity contribution in [2.75, 3.05) is 6.54 Å². The predicted molar refractivity (Wildman–Crippen MR) is 224 cm³/mol. The molecule has 55 heavy (non-hydrogen) atoms. The van der Waals surface area contributed by atoms with Crippen molar-refractivity contribution >= 4 is 33.9 Å². The summed E-state index contributed by atoms with van der Waals surface area (Å²) >= 11 is 1.50. The molecular formula is C48H54N2O4S. The molecule has 0 aliphatic heterocycles. The van der Waals surface area contributed by atoms with Crippen LogP contribution in [0.2, 0.25) is 0 Å². The number of ketones is 1. The van der Waals surface area contributed by atoms with E-state index in [9.17, 15) is 19.8 Å². The number of carbonyl (C=O) groups excluding carboxylic acids is 2. The first-order valence-electron chi connectivity index (χ1n) is 19.8. The Balaban J connectivity index is 1.30. The number of urea groups is 1. The Morgan fingerprint density at radius 2 is 1.69 bits per heavy atom. The lowest BCUT2D eigenvalue weighted by Crippen LogP contribution is -2.55. The highest BCUT2D eigenvalue weighted by atomic mass is 32.1. The van der Waals surface area contributed by atoms with Crippen LogP contribution < -0.4 is 5.32 Å². The van der Waals surface area contributed by atoms with E-state index in [1.807, 2.05) is 85.5 Å². The van der Waals surface area contributed by atoms with Crippen LogP contribution in [0.4, 0.5) is 4.79 Å². The fourth-order valence-electron chi connectivity index (χ4n) is 9.14. The molecule has 3 aliphatic carbocycles. The number of aryl methyl sites for hydroxylation is 1. The average molecular weight is 755 g/mol. The molecule has 5 atom stereocenters. The number of hydrogen-bond acceptors (Lipinski definition) is 5. The molecule has 0 saturated heterocycles. The van der Waals surface area contributed by atoms with E-state index in [1.165, 1.54) is 16.9 Å². The van der Waals surface area contributed by atoms with E-state index in [1.54, 1.807) is 0 Å². The molecule has 1 heterocycles. The lowest BCUT2D eigenvalue weighted by molar-refractivity contribution is -0.0780. The number of benzene rings is 4. The predicted octanol–water partition coefficient (Wildman–Crippen LogP) is 10.5. The quantitative estimate of drug-likeness (QED) is 0.109. The molecule has 3 N–H and O–H groups in total. The molecule has 7 heteroatoms. The molecular weight excluding hydrogens is 701 g/mol. The summed E-state index contributed by atoms with van der Waals surface area (Å²) in [7, 11) is 0. The van der Waals surface area contributed by atoms with E-state index in [2.05, 4.69) is 61.6 Å². The third-order valence-electron chi connectivity index (χ3n) is 12.5. The Hall–Kier alpha value is -4.56. The normalized spacial score (nSPS) is 23.4. The highest BCUT2D eigenvalue weighted by Crippen LogP contribution is 2.59. The number of thiophene rings is 1. The first-order chi connectivity index (χ1) is 26.4. The van der Waals surface area contributed by atoms with Gasteiger partial charge in [0.25, 0.3) is 0 Å². The zero-order valence-corrected chi connectivity index (χ0v) is 33.4. The summed E-state index contributed by atoms with van der Waals surface area (Å²) in [5.41, 5.74) is 3.83. The van der Waals surface area contributed by atoms with Crippen molar-refractivity contribution in [2.45, 2.75) is 103 Å². The highest BCUT2D eigenvalue weighted by Gasteiger charge is 2.57. The largest absolute Gasteiger partial charge is 0.393 e. The van der Waals surface area contributed by atoms with Gasteiger partial charge in [0.05, 0.1) is 29.2 Å². The molecule has 3 aliphatic rings. The van der Waals surface area contributed by atoms with Gasteiger partial charge in [-0.1, -0.05) is 104 Å². The average Bonchev–Trinajstić information content (AvgIpc) is 3.73. The Labute approximate surface area is 329 Å². The Morgan fingerprint density at radius 1 is 0.927 bits per heavy atom. The van der Waals surface area contributed by atoms with Crippen LogP contribution in [-0.2, 0) is 13.0 Å². The molecule has 6 nitrogen and oxygen atoms in total. The fraction of sp³-hybridized carbons (Fsp3) is 0.375. The van der Waals surface area contributed by atoms with Gasteiger partial charge in [-0.2, -0.15) is 0 Å². The van der Waals surface area contributed by atoms with Crippen molar-refractivity contribution in [1.82, 2.24) is 10.2 Å². The Morgan fingerprint density at radius 3 is 2.47 bits per heavy atom. The highest BCUT2D eigenvalue weighted by molar-refractivity contribution is 7.14. The maximum absolute atomic E-state index is 14.5. The van der Waals surface area contributed by atoms with Gasteiger partial charge in [-0.05, 0) is 123 Å². The summed E-state index contributed by atoms with van der Waals surface area (Å²) in [6, 6.07) is 33.9. The van der Waals surface area contributed by atoms with Crippen LogP contribution in [0.15, 0.2) is 115 Å². The van der Waals surface area contributed by atoms with Gasteiger partial charge in [0.15, 0.2) is 0 Å².